The van der Waals surface area contributed by atoms with E-state index < -0.39 is 11.8 Å². The van der Waals surface area contributed by atoms with Crippen molar-refractivity contribution < 1.29 is 14.7 Å². The minimum absolute atomic E-state index is 0.0811. The van der Waals surface area contributed by atoms with E-state index in [1.54, 1.807) is 0 Å². The monoisotopic (exact) mass is 208 g/mol. The number of carbonyl (C=O) groups is 2. The number of aliphatic carboxylic acids is 1. The lowest BCUT2D eigenvalue weighted by Crippen LogP contribution is -2.20. The van der Waals surface area contributed by atoms with Gasteiger partial charge in [-0.05, 0) is 6.07 Å². The summed E-state index contributed by atoms with van der Waals surface area (Å²) in [5.41, 5.74) is -0.392. The van der Waals surface area contributed by atoms with E-state index in [0.29, 0.717) is 5.82 Å². The lowest BCUT2D eigenvalue weighted by molar-refractivity contribution is -0.131. The Kier molecular flexibility index (Phi) is 2.83. The fourth-order valence-corrected chi connectivity index (χ4v) is 0.956. The fourth-order valence-electron chi connectivity index (χ4n) is 0.956. The molecule has 5 nitrogen and oxygen atoms in total. The number of ketones is 1. The maximum atomic E-state index is 11.1. The summed E-state index contributed by atoms with van der Waals surface area (Å²) in [6.45, 7) is 5.66. The van der Waals surface area contributed by atoms with Gasteiger partial charge in [0.2, 0.25) is 0 Å². The van der Waals surface area contributed by atoms with E-state index in [1.807, 2.05) is 20.8 Å². The second-order valence-electron chi connectivity index (χ2n) is 4.15. The van der Waals surface area contributed by atoms with Gasteiger partial charge in [-0.2, -0.15) is 0 Å². The van der Waals surface area contributed by atoms with Gasteiger partial charge in [-0.25, -0.2) is 14.8 Å². The van der Waals surface area contributed by atoms with Gasteiger partial charge in [-0.3, -0.25) is 4.79 Å². The largest absolute Gasteiger partial charge is 0.475 e. The predicted molar refractivity (Wildman–Crippen MR) is 52.7 cm³/mol. The van der Waals surface area contributed by atoms with Crippen LogP contribution in [-0.4, -0.2) is 26.8 Å². The number of aromatic nitrogens is 2. The van der Waals surface area contributed by atoms with E-state index in [-0.39, 0.29) is 11.1 Å². The molecule has 1 aromatic rings. The van der Waals surface area contributed by atoms with Gasteiger partial charge in [0.25, 0.3) is 5.78 Å². The van der Waals surface area contributed by atoms with Gasteiger partial charge in [0.05, 0.1) is 0 Å². The van der Waals surface area contributed by atoms with Crippen molar-refractivity contribution >= 4 is 11.8 Å². The highest BCUT2D eigenvalue weighted by molar-refractivity contribution is 6.39. The molecule has 0 aliphatic rings. The summed E-state index contributed by atoms with van der Waals surface area (Å²) in [5, 5.41) is 8.52. The molecule has 0 spiro atoms. The summed E-state index contributed by atoms with van der Waals surface area (Å²) in [6.07, 6.45) is 1.39. The van der Waals surface area contributed by atoms with Crippen molar-refractivity contribution in [1.29, 1.82) is 0 Å². The Morgan fingerprint density at radius 2 is 1.93 bits per heavy atom. The molecular weight excluding hydrogens is 196 g/mol. The Labute approximate surface area is 87.2 Å². The zero-order valence-corrected chi connectivity index (χ0v) is 8.81. The first-order chi connectivity index (χ1) is 6.82. The van der Waals surface area contributed by atoms with Gasteiger partial charge in [-0.1, -0.05) is 20.8 Å². The SMILES string of the molecule is CC(C)(C)c1nccc(C(=O)C(=O)O)n1. The van der Waals surface area contributed by atoms with E-state index in [0.717, 1.165) is 0 Å². The van der Waals surface area contributed by atoms with E-state index in [9.17, 15) is 9.59 Å². The number of hydrogen-bond acceptors (Lipinski definition) is 4. The van der Waals surface area contributed by atoms with Crippen LogP contribution in [0.1, 0.15) is 37.1 Å². The third-order valence-electron chi connectivity index (χ3n) is 1.75. The van der Waals surface area contributed by atoms with Crippen LogP contribution in [0.4, 0.5) is 0 Å². The number of carboxylic acid groups (broad SMARTS) is 1. The first-order valence-electron chi connectivity index (χ1n) is 4.43. The Hall–Kier alpha value is -1.78. The van der Waals surface area contributed by atoms with Crippen molar-refractivity contribution in [3.05, 3.63) is 23.8 Å². The lowest BCUT2D eigenvalue weighted by atomic mass is 9.95. The number of carboxylic acids is 1. The van der Waals surface area contributed by atoms with Gasteiger partial charge in [0.15, 0.2) is 0 Å². The van der Waals surface area contributed by atoms with Gasteiger partial charge in [0, 0.05) is 11.6 Å². The molecule has 1 heterocycles. The third-order valence-corrected chi connectivity index (χ3v) is 1.75. The van der Waals surface area contributed by atoms with E-state index in [2.05, 4.69) is 9.97 Å². The standard InChI is InChI=1S/C10H12N2O3/c1-10(2,3)9-11-5-4-6(12-9)7(13)8(14)15/h4-5H,1-3H3,(H,14,15). The van der Waals surface area contributed by atoms with Crippen molar-refractivity contribution in [2.24, 2.45) is 0 Å². The van der Waals surface area contributed by atoms with Crippen molar-refractivity contribution in [1.82, 2.24) is 9.97 Å². The van der Waals surface area contributed by atoms with Crippen LogP contribution in [-0.2, 0) is 10.2 Å². The number of carbonyl (C=O) groups excluding carboxylic acids is 1. The highest BCUT2D eigenvalue weighted by atomic mass is 16.4. The molecule has 0 amide bonds. The first kappa shape index (κ1) is 11.3. The van der Waals surface area contributed by atoms with Crippen LogP contribution in [0, 0.1) is 0 Å². The maximum Gasteiger partial charge on any atom is 0.378 e. The van der Waals surface area contributed by atoms with Crippen LogP contribution in [0.2, 0.25) is 0 Å². The molecule has 15 heavy (non-hydrogen) atoms. The summed E-state index contributed by atoms with van der Waals surface area (Å²) in [7, 11) is 0. The molecule has 0 atom stereocenters. The molecular formula is C10H12N2O3. The number of hydrogen-bond donors (Lipinski definition) is 1. The van der Waals surface area contributed by atoms with E-state index in [1.165, 1.54) is 12.3 Å². The molecule has 1 N–H and O–H groups in total. The molecule has 0 saturated heterocycles. The third kappa shape index (κ3) is 2.59. The van der Waals surface area contributed by atoms with E-state index in [4.69, 9.17) is 5.11 Å². The fraction of sp³-hybridized carbons (Fsp3) is 0.400. The zero-order valence-electron chi connectivity index (χ0n) is 8.81. The summed E-state index contributed by atoms with van der Waals surface area (Å²) in [6, 6.07) is 1.30. The van der Waals surface area contributed by atoms with Crippen LogP contribution in [0.5, 0.6) is 0 Å². The summed E-state index contributed by atoms with van der Waals surface area (Å²) in [5.74, 6) is -2.06. The predicted octanol–water partition coefficient (Wildman–Crippen LogP) is 1.04. The summed E-state index contributed by atoms with van der Waals surface area (Å²) in [4.78, 5) is 29.5. The van der Waals surface area contributed by atoms with Crippen LogP contribution >= 0.6 is 0 Å². The Morgan fingerprint density at radius 1 is 1.33 bits per heavy atom. The van der Waals surface area contributed by atoms with Gasteiger partial charge >= 0.3 is 5.97 Å². The molecule has 1 rings (SSSR count). The van der Waals surface area contributed by atoms with Crippen LogP contribution < -0.4 is 0 Å². The van der Waals surface area contributed by atoms with Crippen molar-refractivity contribution in [2.45, 2.75) is 26.2 Å². The van der Waals surface area contributed by atoms with Crippen molar-refractivity contribution in [3.8, 4) is 0 Å². The van der Waals surface area contributed by atoms with Gasteiger partial charge in [-0.15, -0.1) is 0 Å². The minimum Gasteiger partial charge on any atom is -0.475 e. The molecule has 5 heteroatoms. The second-order valence-corrected chi connectivity index (χ2v) is 4.15. The summed E-state index contributed by atoms with van der Waals surface area (Å²) < 4.78 is 0. The molecule has 1 aromatic heterocycles. The molecule has 0 aliphatic heterocycles. The second kappa shape index (κ2) is 3.76. The van der Waals surface area contributed by atoms with Crippen LogP contribution in [0.25, 0.3) is 0 Å². The molecule has 0 aromatic carbocycles. The number of rotatable bonds is 2. The Morgan fingerprint density at radius 3 is 2.40 bits per heavy atom. The zero-order chi connectivity index (χ0) is 11.6. The van der Waals surface area contributed by atoms with Gasteiger partial charge in [0.1, 0.15) is 11.5 Å². The Balaban J connectivity index is 3.14. The minimum atomic E-state index is -1.51. The maximum absolute atomic E-state index is 11.1. The first-order valence-corrected chi connectivity index (χ1v) is 4.43. The normalized spacial score (nSPS) is 11.1. The molecule has 0 bridgehead atoms. The topological polar surface area (TPSA) is 80.2 Å². The van der Waals surface area contributed by atoms with E-state index >= 15 is 0 Å². The highest BCUT2D eigenvalue weighted by Gasteiger charge is 2.21. The molecule has 0 aliphatic carbocycles. The van der Waals surface area contributed by atoms with Crippen molar-refractivity contribution in [2.75, 3.05) is 0 Å². The number of nitrogens with zero attached hydrogens (tertiary/aromatic N) is 2. The molecule has 0 radical (unpaired) electrons. The molecule has 0 fully saturated rings. The highest BCUT2D eigenvalue weighted by Crippen LogP contribution is 2.17. The molecule has 0 saturated carbocycles. The van der Waals surface area contributed by atoms with Crippen LogP contribution in [0.3, 0.4) is 0 Å². The quantitative estimate of drug-likeness (QED) is 0.580. The van der Waals surface area contributed by atoms with Crippen LogP contribution in [0.15, 0.2) is 12.3 Å². The molecule has 80 valence electrons. The Bertz CT molecular complexity index is 407. The van der Waals surface area contributed by atoms with Gasteiger partial charge < -0.3 is 5.11 Å². The lowest BCUT2D eigenvalue weighted by Gasteiger charge is -2.16. The van der Waals surface area contributed by atoms with Crippen molar-refractivity contribution in [3.63, 3.8) is 0 Å². The number of Topliss-reactive ketones (excluding diaryl/α,β-unsaturated/α-hetero) is 1. The summed E-state index contributed by atoms with van der Waals surface area (Å²) >= 11 is 0. The smallest absolute Gasteiger partial charge is 0.378 e. The average Bonchev–Trinajstić information content (AvgIpc) is 2.15. The molecule has 0 unspecified atom stereocenters. The average molecular weight is 208 g/mol.